The molecule has 9 nitrogen and oxygen atoms in total. The number of benzene rings is 1. The van der Waals surface area contributed by atoms with Crippen molar-refractivity contribution in [2.24, 2.45) is 0 Å². The lowest BCUT2D eigenvalue weighted by Crippen LogP contribution is -2.24. The Kier molecular flexibility index (Phi) is 5.98. The maximum absolute atomic E-state index is 12.0. The van der Waals surface area contributed by atoms with Gasteiger partial charge in [-0.1, -0.05) is 0 Å². The number of Topliss-reactive ketones (excluding diaryl/α,β-unsaturated/α-hetero) is 1. The van der Waals surface area contributed by atoms with Crippen molar-refractivity contribution in [3.8, 4) is 5.88 Å². The van der Waals surface area contributed by atoms with Crippen molar-refractivity contribution < 1.29 is 32.0 Å². The summed E-state index contributed by atoms with van der Waals surface area (Å²) in [6, 6.07) is 7.41. The van der Waals surface area contributed by atoms with E-state index in [4.69, 9.17) is 14.0 Å². The fourth-order valence-electron chi connectivity index (χ4n) is 1.86. The molecule has 0 saturated carbocycles. The Labute approximate surface area is 150 Å². The largest absolute Gasteiger partial charge is 0.463 e. The van der Waals surface area contributed by atoms with E-state index in [0.717, 1.165) is 10.6 Å². The molecule has 10 heteroatoms. The molecule has 2 rings (SSSR count). The van der Waals surface area contributed by atoms with Crippen LogP contribution in [0.15, 0.2) is 34.9 Å². The molecule has 0 amide bonds. The van der Waals surface area contributed by atoms with E-state index < -0.39 is 35.0 Å². The SMILES string of the molecule is Cc1cc(OCC(=O)OCC(=O)c2ccc(N(C)S(C)(=O)=O)cc2)no1. The lowest BCUT2D eigenvalue weighted by atomic mass is 10.1. The minimum Gasteiger partial charge on any atom is -0.463 e. The van der Waals surface area contributed by atoms with Gasteiger partial charge in [-0.25, -0.2) is 13.2 Å². The van der Waals surface area contributed by atoms with Gasteiger partial charge in [0.05, 0.1) is 11.9 Å². The first kappa shape index (κ1) is 19.4. The standard InChI is InChI=1S/C16H18N2O7S/c1-11-8-15(17-25-11)23-10-16(20)24-9-14(19)12-4-6-13(7-5-12)18(2)26(3,21)22/h4-8H,9-10H2,1-3H3. The van der Waals surface area contributed by atoms with Crippen LogP contribution in [-0.2, 0) is 19.6 Å². The zero-order chi connectivity index (χ0) is 19.3. The van der Waals surface area contributed by atoms with Crippen molar-refractivity contribution in [2.45, 2.75) is 6.92 Å². The Morgan fingerprint density at radius 1 is 1.19 bits per heavy atom. The first-order valence-corrected chi connectivity index (χ1v) is 9.30. The smallest absolute Gasteiger partial charge is 0.344 e. The van der Waals surface area contributed by atoms with Gasteiger partial charge in [0.1, 0.15) is 5.76 Å². The van der Waals surface area contributed by atoms with Crippen molar-refractivity contribution in [1.82, 2.24) is 5.16 Å². The van der Waals surface area contributed by atoms with Gasteiger partial charge >= 0.3 is 5.97 Å². The molecule has 0 N–H and O–H groups in total. The van der Waals surface area contributed by atoms with Gasteiger partial charge in [-0.05, 0) is 36.3 Å². The summed E-state index contributed by atoms with van der Waals surface area (Å²) in [5.74, 6) is -0.471. The number of esters is 1. The molecule has 140 valence electrons. The fraction of sp³-hybridized carbons (Fsp3) is 0.312. The first-order chi connectivity index (χ1) is 12.2. The Bertz CT molecular complexity index is 888. The molecule has 0 aliphatic heterocycles. The van der Waals surface area contributed by atoms with Crippen molar-refractivity contribution in [3.63, 3.8) is 0 Å². The molecule has 0 fully saturated rings. The van der Waals surface area contributed by atoms with Crippen LogP contribution in [0.25, 0.3) is 0 Å². The molecule has 0 atom stereocenters. The summed E-state index contributed by atoms with van der Waals surface area (Å²) in [5, 5.41) is 3.55. The van der Waals surface area contributed by atoms with E-state index in [9.17, 15) is 18.0 Å². The van der Waals surface area contributed by atoms with E-state index in [-0.39, 0.29) is 11.4 Å². The highest BCUT2D eigenvalue weighted by Gasteiger charge is 2.14. The highest BCUT2D eigenvalue weighted by Crippen LogP contribution is 2.16. The van der Waals surface area contributed by atoms with E-state index in [1.54, 1.807) is 6.92 Å². The van der Waals surface area contributed by atoms with E-state index in [1.807, 2.05) is 0 Å². The van der Waals surface area contributed by atoms with Gasteiger partial charge in [0, 0.05) is 18.7 Å². The fourth-order valence-corrected chi connectivity index (χ4v) is 2.37. The number of sulfonamides is 1. The Hall–Kier alpha value is -2.88. The average molecular weight is 382 g/mol. The number of hydrogen-bond donors (Lipinski definition) is 0. The number of aromatic nitrogens is 1. The van der Waals surface area contributed by atoms with E-state index in [0.29, 0.717) is 11.4 Å². The molecule has 1 heterocycles. The van der Waals surface area contributed by atoms with Gasteiger partial charge in [0.25, 0.3) is 5.88 Å². The van der Waals surface area contributed by atoms with Crippen LogP contribution in [0.5, 0.6) is 5.88 Å². The number of anilines is 1. The van der Waals surface area contributed by atoms with Gasteiger partial charge < -0.3 is 14.0 Å². The molecular formula is C16H18N2O7S. The normalized spacial score (nSPS) is 11.0. The summed E-state index contributed by atoms with van der Waals surface area (Å²) in [7, 11) is -1.98. The monoisotopic (exact) mass is 382 g/mol. The molecule has 0 saturated heterocycles. The maximum Gasteiger partial charge on any atom is 0.344 e. The molecule has 0 bridgehead atoms. The van der Waals surface area contributed by atoms with Crippen LogP contribution in [0.2, 0.25) is 0 Å². The molecule has 0 unspecified atom stereocenters. The number of carbonyl (C=O) groups is 2. The topological polar surface area (TPSA) is 116 Å². The zero-order valence-electron chi connectivity index (χ0n) is 14.5. The van der Waals surface area contributed by atoms with Crippen molar-refractivity contribution in [2.75, 3.05) is 30.8 Å². The number of hydrogen-bond acceptors (Lipinski definition) is 8. The van der Waals surface area contributed by atoms with Crippen LogP contribution in [0.3, 0.4) is 0 Å². The highest BCUT2D eigenvalue weighted by atomic mass is 32.2. The molecule has 0 aliphatic carbocycles. The van der Waals surface area contributed by atoms with E-state index in [1.165, 1.54) is 37.4 Å². The summed E-state index contributed by atoms with van der Waals surface area (Å²) < 4.78 is 38.7. The third-order valence-electron chi connectivity index (χ3n) is 3.36. The lowest BCUT2D eigenvalue weighted by Gasteiger charge is -2.16. The van der Waals surface area contributed by atoms with Crippen LogP contribution >= 0.6 is 0 Å². The van der Waals surface area contributed by atoms with Crippen molar-refractivity contribution >= 4 is 27.5 Å². The van der Waals surface area contributed by atoms with Gasteiger partial charge in [-0.3, -0.25) is 9.10 Å². The average Bonchev–Trinajstić information content (AvgIpc) is 3.02. The van der Waals surface area contributed by atoms with Crippen LogP contribution in [-0.4, -0.2) is 51.8 Å². The van der Waals surface area contributed by atoms with Gasteiger partial charge in [0.15, 0.2) is 19.0 Å². The van der Waals surface area contributed by atoms with Crippen molar-refractivity contribution in [3.05, 3.63) is 41.7 Å². The zero-order valence-corrected chi connectivity index (χ0v) is 15.3. The summed E-state index contributed by atoms with van der Waals surface area (Å²) >= 11 is 0. The number of rotatable bonds is 8. The highest BCUT2D eigenvalue weighted by molar-refractivity contribution is 7.92. The quantitative estimate of drug-likeness (QED) is 0.494. The summed E-state index contributed by atoms with van der Waals surface area (Å²) in [4.78, 5) is 23.6. The molecular weight excluding hydrogens is 364 g/mol. The predicted octanol–water partition coefficient (Wildman–Crippen LogP) is 1.18. The molecule has 2 aromatic rings. The van der Waals surface area contributed by atoms with Crippen molar-refractivity contribution in [1.29, 1.82) is 0 Å². The third-order valence-corrected chi connectivity index (χ3v) is 4.56. The van der Waals surface area contributed by atoms with E-state index >= 15 is 0 Å². The maximum atomic E-state index is 12.0. The minimum atomic E-state index is -3.38. The van der Waals surface area contributed by atoms with Gasteiger partial charge in [-0.15, -0.1) is 0 Å². The van der Waals surface area contributed by atoms with Gasteiger partial charge in [-0.2, -0.15) is 0 Å². The van der Waals surface area contributed by atoms with Gasteiger partial charge in [0.2, 0.25) is 10.0 Å². The molecule has 0 radical (unpaired) electrons. The summed E-state index contributed by atoms with van der Waals surface area (Å²) in [6.07, 6.45) is 1.08. The minimum absolute atomic E-state index is 0.149. The molecule has 1 aromatic carbocycles. The number of aryl methyl sites for hydroxylation is 1. The molecule has 1 aromatic heterocycles. The first-order valence-electron chi connectivity index (χ1n) is 7.45. The summed E-state index contributed by atoms with van der Waals surface area (Å²) in [5.41, 5.74) is 0.703. The number of carbonyl (C=O) groups excluding carboxylic acids is 2. The molecule has 0 aliphatic rings. The second kappa shape index (κ2) is 8.00. The molecule has 26 heavy (non-hydrogen) atoms. The Morgan fingerprint density at radius 3 is 2.38 bits per heavy atom. The Morgan fingerprint density at radius 2 is 1.85 bits per heavy atom. The Balaban J connectivity index is 1.84. The van der Waals surface area contributed by atoms with Crippen LogP contribution in [0, 0.1) is 6.92 Å². The second-order valence-corrected chi connectivity index (χ2v) is 7.44. The number of nitrogens with zero attached hydrogens (tertiary/aromatic N) is 2. The van der Waals surface area contributed by atoms with Crippen LogP contribution in [0.1, 0.15) is 16.1 Å². The lowest BCUT2D eigenvalue weighted by molar-refractivity contribution is -0.144. The second-order valence-electron chi connectivity index (χ2n) is 5.43. The predicted molar refractivity (Wildman–Crippen MR) is 91.7 cm³/mol. The number of ketones is 1. The van der Waals surface area contributed by atoms with E-state index in [2.05, 4.69) is 5.16 Å². The van der Waals surface area contributed by atoms with Crippen LogP contribution in [0.4, 0.5) is 5.69 Å². The van der Waals surface area contributed by atoms with Crippen LogP contribution < -0.4 is 9.04 Å². The molecule has 0 spiro atoms. The third kappa shape index (κ3) is 5.31. The number of ether oxygens (including phenoxy) is 2. The summed E-state index contributed by atoms with van der Waals surface area (Å²) in [6.45, 7) is 0.814.